The maximum absolute atomic E-state index is 15.3. The molecule has 8 aromatic heterocycles. The Labute approximate surface area is 409 Å². The van der Waals surface area contributed by atoms with Gasteiger partial charge in [0, 0.05) is 58.5 Å². The summed E-state index contributed by atoms with van der Waals surface area (Å²) in [4.78, 5) is 15.2. The van der Waals surface area contributed by atoms with Crippen molar-refractivity contribution in [2.75, 3.05) is 26.4 Å². The Morgan fingerprint density at radius 3 is 0.969 bits per heavy atom. The molecule has 8 aromatic rings. The van der Waals surface area contributed by atoms with Crippen LogP contribution in [0.25, 0.3) is 68.3 Å². The van der Waals surface area contributed by atoms with Gasteiger partial charge in [-0.25, -0.2) is 0 Å². The van der Waals surface area contributed by atoms with Crippen LogP contribution in [0, 0.1) is 0 Å². The average Bonchev–Trinajstić information content (AvgIpc) is 4.15. The minimum Gasteiger partial charge on any atom is -0.305 e. The van der Waals surface area contributed by atoms with E-state index in [0.29, 0.717) is 37.0 Å². The molecule has 0 atom stereocenters. The Morgan fingerprint density at radius 1 is 0.375 bits per heavy atom. The summed E-state index contributed by atoms with van der Waals surface area (Å²) in [7, 11) is -7.56. The van der Waals surface area contributed by atoms with Crippen molar-refractivity contribution in [3.63, 3.8) is 0 Å². The lowest BCUT2D eigenvalue weighted by molar-refractivity contribution is 0.208. The monoisotopic (exact) mass is 1040 g/mol. The van der Waals surface area contributed by atoms with Crippen molar-refractivity contribution in [1.82, 2.24) is 0 Å². The molecule has 6 nitrogen and oxygen atoms in total. The first-order valence-corrected chi connectivity index (χ1v) is 31.6. The molecule has 0 amide bonds. The first kappa shape index (κ1) is 48.4. The molecule has 8 rings (SSSR count). The molecule has 0 saturated carbocycles. The van der Waals surface area contributed by atoms with E-state index >= 15 is 9.13 Å². The molecule has 0 aliphatic heterocycles. The van der Waals surface area contributed by atoms with Crippen LogP contribution in [0.4, 0.5) is 0 Å². The molecule has 0 N–H and O–H groups in total. The topological polar surface area (TPSA) is 71.1 Å². The Bertz CT molecular complexity index is 2560. The van der Waals surface area contributed by atoms with Crippen molar-refractivity contribution >= 4 is 116 Å². The lowest BCUT2D eigenvalue weighted by Crippen LogP contribution is -2.12. The zero-order chi connectivity index (χ0) is 44.5. The van der Waals surface area contributed by atoms with Gasteiger partial charge in [-0.2, -0.15) is 0 Å². The van der Waals surface area contributed by atoms with Gasteiger partial charge in [-0.3, -0.25) is 9.13 Å². The standard InChI is InChI=1S/C48H52O6P2S8/c1-5-9-25-51-55(49,52-26-10-6-2)33-31-45(63-47(33)43-23-21-41(61-43)39-19-17-37(59-39)35-15-13-29-57-35)46-32-34(56(50,53-27-11-7-3)54-28-12-8-4)48(64-46)44-24-22-42(62-44)40-20-18-38(60-40)36-16-14-30-58-36/h13-24,29-32H,5-12,25-28H2,1-4H3. The van der Waals surface area contributed by atoms with E-state index in [1.165, 1.54) is 29.3 Å². The Balaban J connectivity index is 1.24. The second kappa shape index (κ2) is 22.8. The van der Waals surface area contributed by atoms with Crippen molar-refractivity contribution in [1.29, 1.82) is 0 Å². The minimum absolute atomic E-state index is 0.335. The molecule has 0 fully saturated rings. The molecule has 8 heterocycles. The molecule has 0 radical (unpaired) electrons. The van der Waals surface area contributed by atoms with Crippen LogP contribution in [-0.4, -0.2) is 26.4 Å². The van der Waals surface area contributed by atoms with E-state index in [9.17, 15) is 0 Å². The van der Waals surface area contributed by atoms with Crippen LogP contribution in [0.1, 0.15) is 79.1 Å². The van der Waals surface area contributed by atoms with Crippen molar-refractivity contribution < 1.29 is 27.2 Å². The summed E-state index contributed by atoms with van der Waals surface area (Å²) >= 11 is 13.6. The van der Waals surface area contributed by atoms with Crippen LogP contribution in [-0.2, 0) is 27.2 Å². The molecule has 64 heavy (non-hydrogen) atoms. The van der Waals surface area contributed by atoms with E-state index in [1.54, 1.807) is 90.7 Å². The highest BCUT2D eigenvalue weighted by Crippen LogP contribution is 2.57. The highest BCUT2D eigenvalue weighted by Gasteiger charge is 2.37. The smallest absolute Gasteiger partial charge is 0.305 e. The third-order valence-electron chi connectivity index (χ3n) is 10.2. The first-order chi connectivity index (χ1) is 31.3. The minimum atomic E-state index is -3.78. The van der Waals surface area contributed by atoms with Gasteiger partial charge in [0.1, 0.15) is 0 Å². The SMILES string of the molecule is CCCCOP(=O)(OCCCC)c1cc(-c2cc(P(=O)(OCCCC)OCCCC)c(-c3ccc(-c4ccc(-c5cccs5)s4)s3)s2)sc1-c1ccc(-c2ccc(-c3cccs3)s2)s1. The van der Waals surface area contributed by atoms with Crippen molar-refractivity contribution in [3.05, 3.63) is 95.7 Å². The molecule has 0 aliphatic rings. The Kier molecular flexibility index (Phi) is 17.2. The lowest BCUT2D eigenvalue weighted by atomic mass is 10.3. The average molecular weight is 1040 g/mol. The number of thiophene rings is 8. The summed E-state index contributed by atoms with van der Waals surface area (Å²) in [6, 6.07) is 29.9. The third kappa shape index (κ3) is 11.3. The van der Waals surface area contributed by atoms with Gasteiger partial charge >= 0.3 is 15.2 Å². The molecule has 338 valence electrons. The molecule has 0 aliphatic carbocycles. The largest absolute Gasteiger partial charge is 0.362 e. The highest BCUT2D eigenvalue weighted by molar-refractivity contribution is 7.64. The van der Waals surface area contributed by atoms with Crippen LogP contribution in [0.2, 0.25) is 0 Å². The predicted octanol–water partition coefficient (Wildman–Crippen LogP) is 18.8. The lowest BCUT2D eigenvalue weighted by Gasteiger charge is -2.19. The maximum Gasteiger partial charge on any atom is 0.362 e. The van der Waals surface area contributed by atoms with Crippen LogP contribution in [0.3, 0.4) is 0 Å². The van der Waals surface area contributed by atoms with E-state index in [2.05, 4.69) is 111 Å². The van der Waals surface area contributed by atoms with Gasteiger partial charge in [-0.15, -0.1) is 90.7 Å². The van der Waals surface area contributed by atoms with Gasteiger partial charge in [-0.1, -0.05) is 65.5 Å². The van der Waals surface area contributed by atoms with Crippen molar-refractivity contribution in [3.8, 4) is 68.3 Å². The first-order valence-electron chi connectivity index (χ1n) is 21.8. The fourth-order valence-electron chi connectivity index (χ4n) is 6.66. The van der Waals surface area contributed by atoms with Gasteiger partial charge in [0.25, 0.3) is 0 Å². The second-order valence-electron chi connectivity index (χ2n) is 15.0. The molecular formula is C48H52O6P2S8. The van der Waals surface area contributed by atoms with E-state index in [1.807, 2.05) is 12.1 Å². The zero-order valence-electron chi connectivity index (χ0n) is 36.3. The normalized spacial score (nSPS) is 12.2. The van der Waals surface area contributed by atoms with Gasteiger partial charge in [0.15, 0.2) is 0 Å². The number of hydrogen-bond donors (Lipinski definition) is 0. The van der Waals surface area contributed by atoms with Gasteiger partial charge in [-0.05, 0) is 109 Å². The fraction of sp³-hybridized carbons (Fsp3) is 0.333. The zero-order valence-corrected chi connectivity index (χ0v) is 44.7. The van der Waals surface area contributed by atoms with Crippen LogP contribution < -0.4 is 10.6 Å². The van der Waals surface area contributed by atoms with E-state index in [4.69, 9.17) is 18.1 Å². The van der Waals surface area contributed by atoms with Crippen LogP contribution in [0.5, 0.6) is 0 Å². The van der Waals surface area contributed by atoms with Crippen LogP contribution >= 0.6 is 106 Å². The van der Waals surface area contributed by atoms with Gasteiger partial charge in [0.05, 0.1) is 46.8 Å². The summed E-state index contributed by atoms with van der Waals surface area (Å²) in [5.74, 6) is 0. The van der Waals surface area contributed by atoms with E-state index < -0.39 is 15.2 Å². The fourth-order valence-corrected chi connectivity index (χ4v) is 19.7. The van der Waals surface area contributed by atoms with Gasteiger partial charge in [0.2, 0.25) is 0 Å². The summed E-state index contributed by atoms with van der Waals surface area (Å²) in [5.41, 5.74) is 0. The molecule has 0 aromatic carbocycles. The molecule has 0 saturated heterocycles. The summed E-state index contributed by atoms with van der Waals surface area (Å²) in [6.07, 6.45) is 6.73. The summed E-state index contributed by atoms with van der Waals surface area (Å²) in [5, 5.41) is 5.38. The maximum atomic E-state index is 15.3. The molecule has 16 heteroatoms. The van der Waals surface area contributed by atoms with E-state index in [0.717, 1.165) is 90.4 Å². The Hall–Kier alpha value is -2.10. The van der Waals surface area contributed by atoms with Gasteiger partial charge < -0.3 is 18.1 Å². The van der Waals surface area contributed by atoms with Crippen LogP contribution in [0.15, 0.2) is 95.7 Å². The molecule has 0 spiro atoms. The highest BCUT2D eigenvalue weighted by atomic mass is 32.1. The Morgan fingerprint density at radius 2 is 0.672 bits per heavy atom. The second-order valence-corrected chi connectivity index (χ2v) is 27.3. The predicted molar refractivity (Wildman–Crippen MR) is 285 cm³/mol. The van der Waals surface area contributed by atoms with E-state index in [-0.39, 0.29) is 0 Å². The number of rotatable bonds is 25. The number of unbranched alkanes of at least 4 members (excludes halogenated alkanes) is 4. The third-order valence-corrected chi connectivity index (χ3v) is 24.1. The number of hydrogen-bond acceptors (Lipinski definition) is 14. The molecule has 0 bridgehead atoms. The summed E-state index contributed by atoms with van der Waals surface area (Å²) in [6.45, 7) is 9.74. The quantitative estimate of drug-likeness (QED) is 0.0420. The summed E-state index contributed by atoms with van der Waals surface area (Å²) < 4.78 is 55.9. The van der Waals surface area contributed by atoms with Crippen molar-refractivity contribution in [2.45, 2.75) is 79.1 Å². The molecular weight excluding hydrogens is 991 g/mol. The molecule has 0 unspecified atom stereocenters. The van der Waals surface area contributed by atoms with Crippen molar-refractivity contribution in [2.24, 2.45) is 0 Å².